The van der Waals surface area contributed by atoms with Gasteiger partial charge in [0.1, 0.15) is 5.75 Å². The van der Waals surface area contributed by atoms with Crippen molar-refractivity contribution in [2.45, 2.75) is 32.6 Å². The maximum absolute atomic E-state index is 9.76. The van der Waals surface area contributed by atoms with Gasteiger partial charge in [0.2, 0.25) is 0 Å². The highest BCUT2D eigenvalue weighted by Crippen LogP contribution is 2.34. The Morgan fingerprint density at radius 2 is 2.07 bits per heavy atom. The first-order valence-corrected chi connectivity index (χ1v) is 4.97. The second-order valence-corrected chi connectivity index (χ2v) is 4.22. The molecule has 1 nitrogen and oxygen atoms in total. The quantitative estimate of drug-likeness (QED) is 0.770. The van der Waals surface area contributed by atoms with Gasteiger partial charge in [-0.2, -0.15) is 0 Å². The van der Waals surface area contributed by atoms with E-state index in [1.165, 1.54) is 0 Å². The summed E-state index contributed by atoms with van der Waals surface area (Å²) in [6.07, 6.45) is 2.80. The van der Waals surface area contributed by atoms with Gasteiger partial charge in [-0.3, -0.25) is 0 Å². The van der Waals surface area contributed by atoms with E-state index in [4.69, 9.17) is 0 Å². The van der Waals surface area contributed by atoms with Crippen LogP contribution in [0.5, 0.6) is 5.75 Å². The standard InChI is InChI=1S/C13H18O/c1-5-10-7-8-12(14)11(9-10)13(3,4)6-2/h5,7-9,14H,1,6H2,2-4H3. The highest BCUT2D eigenvalue weighted by atomic mass is 16.3. The summed E-state index contributed by atoms with van der Waals surface area (Å²) in [6.45, 7) is 10.1. The topological polar surface area (TPSA) is 20.2 Å². The molecule has 0 saturated heterocycles. The molecule has 0 bridgehead atoms. The third-order valence-corrected chi connectivity index (χ3v) is 2.87. The fraction of sp³-hybridized carbons (Fsp3) is 0.385. The van der Waals surface area contributed by atoms with E-state index in [0.29, 0.717) is 5.75 Å². The Morgan fingerprint density at radius 3 is 2.57 bits per heavy atom. The molecule has 1 aromatic carbocycles. The summed E-state index contributed by atoms with van der Waals surface area (Å²) in [5, 5.41) is 9.76. The molecule has 0 saturated carbocycles. The molecule has 0 aromatic heterocycles. The van der Waals surface area contributed by atoms with Gasteiger partial charge in [-0.25, -0.2) is 0 Å². The Kier molecular flexibility index (Phi) is 3.00. The van der Waals surface area contributed by atoms with E-state index in [9.17, 15) is 5.11 Å². The van der Waals surface area contributed by atoms with Gasteiger partial charge >= 0.3 is 0 Å². The van der Waals surface area contributed by atoms with Gasteiger partial charge in [0.05, 0.1) is 0 Å². The van der Waals surface area contributed by atoms with Crippen LogP contribution in [0.25, 0.3) is 6.08 Å². The Labute approximate surface area is 86.1 Å². The molecule has 0 fully saturated rings. The lowest BCUT2D eigenvalue weighted by Crippen LogP contribution is -2.15. The second-order valence-electron chi connectivity index (χ2n) is 4.22. The Balaban J connectivity index is 3.25. The molecular formula is C13H18O. The van der Waals surface area contributed by atoms with Crippen molar-refractivity contribution in [2.24, 2.45) is 0 Å². The van der Waals surface area contributed by atoms with Gasteiger partial charge in [0.15, 0.2) is 0 Å². The number of aromatic hydroxyl groups is 1. The minimum atomic E-state index is 0.0170. The van der Waals surface area contributed by atoms with E-state index in [1.54, 1.807) is 12.1 Å². The minimum absolute atomic E-state index is 0.0170. The van der Waals surface area contributed by atoms with E-state index < -0.39 is 0 Å². The van der Waals surface area contributed by atoms with E-state index in [-0.39, 0.29) is 5.41 Å². The van der Waals surface area contributed by atoms with Crippen LogP contribution in [0.3, 0.4) is 0 Å². The molecule has 1 heteroatoms. The molecular weight excluding hydrogens is 172 g/mol. The summed E-state index contributed by atoms with van der Waals surface area (Å²) < 4.78 is 0. The number of phenolic OH excluding ortho intramolecular Hbond substituents is 1. The van der Waals surface area contributed by atoms with Gasteiger partial charge in [0, 0.05) is 5.56 Å². The maximum atomic E-state index is 9.76. The molecule has 76 valence electrons. The monoisotopic (exact) mass is 190 g/mol. The molecule has 0 atom stereocenters. The largest absolute Gasteiger partial charge is 0.508 e. The summed E-state index contributed by atoms with van der Waals surface area (Å²) in [6, 6.07) is 5.62. The molecule has 0 heterocycles. The maximum Gasteiger partial charge on any atom is 0.119 e. The van der Waals surface area contributed by atoms with Crippen LogP contribution in [0.2, 0.25) is 0 Å². The predicted octanol–water partition coefficient (Wildman–Crippen LogP) is 3.72. The lowest BCUT2D eigenvalue weighted by molar-refractivity contribution is 0.428. The smallest absolute Gasteiger partial charge is 0.119 e. The fourth-order valence-electron chi connectivity index (χ4n) is 1.41. The lowest BCUT2D eigenvalue weighted by atomic mass is 9.81. The number of rotatable bonds is 3. The third kappa shape index (κ3) is 1.98. The van der Waals surface area contributed by atoms with Gasteiger partial charge < -0.3 is 5.11 Å². The number of benzene rings is 1. The first kappa shape index (κ1) is 10.8. The molecule has 1 N–H and O–H groups in total. The highest BCUT2D eigenvalue weighted by molar-refractivity contribution is 5.53. The molecule has 0 aliphatic carbocycles. The number of hydrogen-bond donors (Lipinski definition) is 1. The molecule has 0 amide bonds. The van der Waals surface area contributed by atoms with Crippen molar-refractivity contribution in [2.75, 3.05) is 0 Å². The molecule has 0 aliphatic rings. The summed E-state index contributed by atoms with van der Waals surface area (Å²) in [5.41, 5.74) is 2.07. The molecule has 0 aliphatic heterocycles. The van der Waals surface area contributed by atoms with Crippen LogP contribution in [-0.4, -0.2) is 5.11 Å². The van der Waals surface area contributed by atoms with Crippen molar-refractivity contribution in [1.29, 1.82) is 0 Å². The molecule has 0 radical (unpaired) electrons. The molecule has 14 heavy (non-hydrogen) atoms. The number of phenols is 1. The normalized spacial score (nSPS) is 11.4. The van der Waals surface area contributed by atoms with Crippen molar-refractivity contribution in [3.8, 4) is 5.75 Å². The van der Waals surface area contributed by atoms with Gasteiger partial charge in [-0.15, -0.1) is 0 Å². The van der Waals surface area contributed by atoms with E-state index in [0.717, 1.165) is 17.5 Å². The van der Waals surface area contributed by atoms with E-state index in [1.807, 2.05) is 12.1 Å². The van der Waals surface area contributed by atoms with Gasteiger partial charge in [-0.1, -0.05) is 39.5 Å². The van der Waals surface area contributed by atoms with Crippen molar-refractivity contribution in [1.82, 2.24) is 0 Å². The molecule has 0 spiro atoms. The summed E-state index contributed by atoms with van der Waals surface area (Å²) in [5.74, 6) is 0.377. The first-order chi connectivity index (χ1) is 6.51. The Morgan fingerprint density at radius 1 is 1.43 bits per heavy atom. The average molecular weight is 190 g/mol. The van der Waals surface area contributed by atoms with Crippen LogP contribution < -0.4 is 0 Å². The highest BCUT2D eigenvalue weighted by Gasteiger charge is 2.21. The fourth-order valence-corrected chi connectivity index (χ4v) is 1.41. The molecule has 1 rings (SSSR count). The Hall–Kier alpha value is -1.24. The zero-order chi connectivity index (χ0) is 10.8. The van der Waals surface area contributed by atoms with Crippen molar-refractivity contribution < 1.29 is 5.11 Å². The SMILES string of the molecule is C=Cc1ccc(O)c(C(C)(C)CC)c1. The Bertz CT molecular complexity index is 337. The predicted molar refractivity (Wildman–Crippen MR) is 61.5 cm³/mol. The van der Waals surface area contributed by atoms with E-state index in [2.05, 4.69) is 27.4 Å². The number of hydrogen-bond acceptors (Lipinski definition) is 1. The van der Waals surface area contributed by atoms with Crippen LogP contribution in [0.15, 0.2) is 24.8 Å². The van der Waals surface area contributed by atoms with E-state index >= 15 is 0 Å². The molecule has 0 unspecified atom stereocenters. The zero-order valence-electron chi connectivity index (χ0n) is 9.17. The van der Waals surface area contributed by atoms with Crippen LogP contribution in [0.1, 0.15) is 38.3 Å². The minimum Gasteiger partial charge on any atom is -0.508 e. The summed E-state index contributed by atoms with van der Waals surface area (Å²) in [4.78, 5) is 0. The second kappa shape index (κ2) is 3.87. The third-order valence-electron chi connectivity index (χ3n) is 2.87. The van der Waals surface area contributed by atoms with Crippen molar-refractivity contribution in [3.05, 3.63) is 35.9 Å². The van der Waals surface area contributed by atoms with Gasteiger partial charge in [-0.05, 0) is 29.5 Å². The average Bonchev–Trinajstić information content (AvgIpc) is 2.18. The lowest BCUT2D eigenvalue weighted by Gasteiger charge is -2.24. The molecule has 1 aromatic rings. The van der Waals surface area contributed by atoms with Crippen LogP contribution in [0, 0.1) is 0 Å². The van der Waals surface area contributed by atoms with Gasteiger partial charge in [0.25, 0.3) is 0 Å². The van der Waals surface area contributed by atoms with Crippen LogP contribution in [0.4, 0.5) is 0 Å². The van der Waals surface area contributed by atoms with Crippen LogP contribution >= 0.6 is 0 Å². The zero-order valence-corrected chi connectivity index (χ0v) is 9.17. The van der Waals surface area contributed by atoms with Crippen molar-refractivity contribution in [3.63, 3.8) is 0 Å². The summed E-state index contributed by atoms with van der Waals surface area (Å²) >= 11 is 0. The van der Waals surface area contributed by atoms with Crippen LogP contribution in [-0.2, 0) is 5.41 Å². The first-order valence-electron chi connectivity index (χ1n) is 4.97. The summed E-state index contributed by atoms with van der Waals surface area (Å²) in [7, 11) is 0. The van der Waals surface area contributed by atoms with Crippen molar-refractivity contribution >= 4 is 6.08 Å².